The van der Waals surface area contributed by atoms with Crippen LogP contribution in [0.3, 0.4) is 0 Å². The minimum absolute atomic E-state index is 0.0874. The predicted molar refractivity (Wildman–Crippen MR) is 76.8 cm³/mol. The molecule has 21 heavy (non-hydrogen) atoms. The Morgan fingerprint density at radius 3 is 2.95 bits per heavy atom. The van der Waals surface area contributed by atoms with E-state index >= 15 is 0 Å². The molecule has 0 bridgehead atoms. The van der Waals surface area contributed by atoms with E-state index in [0.717, 1.165) is 26.1 Å². The predicted octanol–water partition coefficient (Wildman–Crippen LogP) is 1.04. The van der Waals surface area contributed by atoms with Crippen LogP contribution in [0.4, 0.5) is 0 Å². The summed E-state index contributed by atoms with van der Waals surface area (Å²) in [6.45, 7) is 6.75. The summed E-state index contributed by atoms with van der Waals surface area (Å²) >= 11 is 0. The third-order valence-electron chi connectivity index (χ3n) is 3.83. The van der Waals surface area contributed by atoms with E-state index in [0.29, 0.717) is 18.3 Å². The Balaban J connectivity index is 2.12. The van der Waals surface area contributed by atoms with E-state index in [1.165, 1.54) is 0 Å². The summed E-state index contributed by atoms with van der Waals surface area (Å²) in [6, 6.07) is 0.0874. The molecule has 2 atom stereocenters. The summed E-state index contributed by atoms with van der Waals surface area (Å²) in [6.07, 6.45) is 1.12. The molecular weight excluding hydrogens is 272 g/mol. The van der Waals surface area contributed by atoms with Crippen molar-refractivity contribution >= 4 is 5.97 Å². The van der Waals surface area contributed by atoms with Crippen molar-refractivity contribution in [2.75, 3.05) is 40.3 Å². The first kappa shape index (κ1) is 15.9. The van der Waals surface area contributed by atoms with Crippen molar-refractivity contribution in [3.63, 3.8) is 0 Å². The molecule has 1 aliphatic heterocycles. The molecule has 1 fully saturated rings. The Hall–Kier alpha value is -1.47. The molecule has 0 aliphatic carbocycles. The Kier molecular flexibility index (Phi) is 5.30. The van der Waals surface area contributed by atoms with E-state index in [-0.39, 0.29) is 12.0 Å². The monoisotopic (exact) mass is 296 g/mol. The average molecular weight is 296 g/mol. The van der Waals surface area contributed by atoms with Gasteiger partial charge in [0.2, 0.25) is 5.89 Å². The molecule has 0 amide bonds. The fraction of sp³-hybridized carbons (Fsp3) is 0.786. The highest BCUT2D eigenvalue weighted by molar-refractivity contribution is 5.76. The lowest BCUT2D eigenvalue weighted by molar-refractivity contribution is -0.145. The Labute approximate surface area is 125 Å². The van der Waals surface area contributed by atoms with Crippen LogP contribution in [0.25, 0.3) is 0 Å². The molecule has 2 unspecified atom stereocenters. The maximum Gasteiger partial charge on any atom is 0.318 e. The van der Waals surface area contributed by atoms with Crippen molar-refractivity contribution in [2.24, 2.45) is 0 Å². The van der Waals surface area contributed by atoms with Crippen LogP contribution in [0.1, 0.15) is 43.9 Å². The van der Waals surface area contributed by atoms with E-state index in [2.05, 4.69) is 34.0 Å². The molecular formula is C14H24N4O3. The number of carbonyl (C=O) groups is 1. The number of likely N-dealkylation sites (N-methyl/N-ethyl adjacent to an activating group) is 2. The number of hydrogen-bond donors (Lipinski definition) is 0. The van der Waals surface area contributed by atoms with Gasteiger partial charge in [0, 0.05) is 6.54 Å². The van der Waals surface area contributed by atoms with Crippen molar-refractivity contribution in [3.05, 3.63) is 11.7 Å². The number of esters is 1. The summed E-state index contributed by atoms with van der Waals surface area (Å²) in [7, 11) is 4.16. The smallest absolute Gasteiger partial charge is 0.318 e. The number of carbonyl (C=O) groups excluding carboxylic acids is 1. The molecule has 0 aromatic carbocycles. The molecule has 1 aromatic rings. The molecule has 7 heteroatoms. The fourth-order valence-electron chi connectivity index (χ4n) is 2.48. The maximum absolute atomic E-state index is 11.7. The molecule has 0 N–H and O–H groups in total. The first-order valence-electron chi connectivity index (χ1n) is 7.41. The van der Waals surface area contributed by atoms with Crippen molar-refractivity contribution in [1.82, 2.24) is 19.9 Å². The van der Waals surface area contributed by atoms with Gasteiger partial charge in [-0.25, -0.2) is 0 Å². The van der Waals surface area contributed by atoms with Gasteiger partial charge in [0.05, 0.1) is 12.6 Å². The van der Waals surface area contributed by atoms with E-state index in [1.54, 1.807) is 13.8 Å². The van der Waals surface area contributed by atoms with Crippen LogP contribution in [-0.4, -0.2) is 66.2 Å². The Morgan fingerprint density at radius 1 is 1.48 bits per heavy atom. The second-order valence-corrected chi connectivity index (χ2v) is 5.58. The van der Waals surface area contributed by atoms with Gasteiger partial charge in [-0.05, 0) is 47.5 Å². The first-order chi connectivity index (χ1) is 10.0. The number of aromatic nitrogens is 2. The van der Waals surface area contributed by atoms with Crippen LogP contribution >= 0.6 is 0 Å². The largest absolute Gasteiger partial charge is 0.465 e. The molecule has 2 rings (SSSR count). The van der Waals surface area contributed by atoms with Gasteiger partial charge in [-0.1, -0.05) is 5.16 Å². The first-order valence-corrected chi connectivity index (χ1v) is 7.41. The van der Waals surface area contributed by atoms with E-state index < -0.39 is 5.92 Å². The zero-order valence-corrected chi connectivity index (χ0v) is 13.2. The normalized spacial score (nSPS) is 22.8. The summed E-state index contributed by atoms with van der Waals surface area (Å²) in [5, 5.41) is 4.07. The van der Waals surface area contributed by atoms with Crippen LogP contribution < -0.4 is 0 Å². The number of rotatable bonds is 4. The van der Waals surface area contributed by atoms with Gasteiger partial charge in [0.15, 0.2) is 5.82 Å². The summed E-state index contributed by atoms with van der Waals surface area (Å²) in [5.41, 5.74) is 0. The fourth-order valence-corrected chi connectivity index (χ4v) is 2.48. The molecule has 2 heterocycles. The lowest BCUT2D eigenvalue weighted by atomic mass is 10.2. The van der Waals surface area contributed by atoms with Gasteiger partial charge >= 0.3 is 5.97 Å². The summed E-state index contributed by atoms with van der Waals surface area (Å²) in [5.74, 6) is 0.0974. The van der Waals surface area contributed by atoms with Crippen molar-refractivity contribution in [1.29, 1.82) is 0 Å². The third kappa shape index (κ3) is 3.79. The molecule has 0 saturated carbocycles. The van der Waals surface area contributed by atoms with Crippen LogP contribution in [-0.2, 0) is 9.53 Å². The van der Waals surface area contributed by atoms with Gasteiger partial charge in [0.25, 0.3) is 0 Å². The zero-order valence-electron chi connectivity index (χ0n) is 13.2. The zero-order chi connectivity index (χ0) is 15.4. The van der Waals surface area contributed by atoms with Crippen molar-refractivity contribution in [3.8, 4) is 0 Å². The molecule has 0 spiro atoms. The molecule has 1 saturated heterocycles. The quantitative estimate of drug-likeness (QED) is 0.769. The second-order valence-electron chi connectivity index (χ2n) is 5.58. The Bertz CT molecular complexity index is 477. The summed E-state index contributed by atoms with van der Waals surface area (Å²) < 4.78 is 10.3. The minimum Gasteiger partial charge on any atom is -0.465 e. The van der Waals surface area contributed by atoms with Crippen molar-refractivity contribution < 1.29 is 14.1 Å². The standard InChI is InChI=1S/C14H24N4O3/c1-5-20-14(19)10(2)13-15-12(16-21-13)11-9-17(3)7-6-8-18(11)4/h10-11H,5-9H2,1-4H3. The van der Waals surface area contributed by atoms with Gasteiger partial charge in [-0.15, -0.1) is 0 Å². The lowest BCUT2D eigenvalue weighted by Crippen LogP contribution is -2.31. The highest BCUT2D eigenvalue weighted by Gasteiger charge is 2.29. The number of ether oxygens (including phenoxy) is 1. The second kappa shape index (κ2) is 7.00. The van der Waals surface area contributed by atoms with Crippen LogP contribution in [0.2, 0.25) is 0 Å². The number of nitrogens with zero attached hydrogens (tertiary/aromatic N) is 4. The molecule has 0 radical (unpaired) electrons. The molecule has 7 nitrogen and oxygen atoms in total. The van der Waals surface area contributed by atoms with E-state index in [4.69, 9.17) is 9.26 Å². The van der Waals surface area contributed by atoms with Crippen LogP contribution in [0.15, 0.2) is 4.52 Å². The maximum atomic E-state index is 11.7. The Morgan fingerprint density at radius 2 is 2.24 bits per heavy atom. The van der Waals surface area contributed by atoms with Gasteiger partial charge in [-0.2, -0.15) is 4.98 Å². The lowest BCUT2D eigenvalue weighted by Gasteiger charge is -2.24. The van der Waals surface area contributed by atoms with Gasteiger partial charge in [0.1, 0.15) is 5.92 Å². The van der Waals surface area contributed by atoms with Gasteiger partial charge in [-0.3, -0.25) is 9.69 Å². The summed E-state index contributed by atoms with van der Waals surface area (Å²) in [4.78, 5) is 20.6. The molecule has 1 aromatic heterocycles. The minimum atomic E-state index is -0.528. The highest BCUT2D eigenvalue weighted by atomic mass is 16.5. The average Bonchev–Trinajstić information content (AvgIpc) is 2.87. The molecule has 118 valence electrons. The SMILES string of the molecule is CCOC(=O)C(C)c1nc(C2CN(C)CCCN2C)no1. The van der Waals surface area contributed by atoms with Crippen LogP contribution in [0.5, 0.6) is 0 Å². The number of hydrogen-bond acceptors (Lipinski definition) is 7. The highest BCUT2D eigenvalue weighted by Crippen LogP contribution is 2.23. The third-order valence-corrected chi connectivity index (χ3v) is 3.83. The van der Waals surface area contributed by atoms with Gasteiger partial charge < -0.3 is 14.2 Å². The van der Waals surface area contributed by atoms with E-state index in [9.17, 15) is 4.79 Å². The molecule has 1 aliphatic rings. The topological polar surface area (TPSA) is 71.7 Å². The van der Waals surface area contributed by atoms with Crippen molar-refractivity contribution in [2.45, 2.75) is 32.2 Å². The van der Waals surface area contributed by atoms with Crippen LogP contribution in [0, 0.1) is 0 Å². The van der Waals surface area contributed by atoms with E-state index in [1.807, 2.05) is 0 Å².